The van der Waals surface area contributed by atoms with Gasteiger partial charge in [-0.05, 0) is 12.1 Å². The van der Waals surface area contributed by atoms with E-state index in [1.165, 1.54) is 19.2 Å². The highest BCUT2D eigenvalue weighted by molar-refractivity contribution is 7.89. The predicted octanol–water partition coefficient (Wildman–Crippen LogP) is -0.0535. The van der Waals surface area contributed by atoms with Crippen LogP contribution in [0, 0.1) is 0 Å². The van der Waals surface area contributed by atoms with Crippen molar-refractivity contribution in [3.05, 3.63) is 23.8 Å². The Labute approximate surface area is 118 Å². The van der Waals surface area contributed by atoms with Crippen LogP contribution in [0.3, 0.4) is 0 Å². The zero-order valence-corrected chi connectivity index (χ0v) is 12.3. The first kappa shape index (κ1) is 16.3. The fourth-order valence-corrected chi connectivity index (χ4v) is 2.54. The van der Waals surface area contributed by atoms with Crippen molar-refractivity contribution in [2.75, 3.05) is 31.7 Å². The lowest BCUT2D eigenvalue weighted by Crippen LogP contribution is -2.34. The summed E-state index contributed by atoms with van der Waals surface area (Å²) >= 11 is 0. The SMILES string of the molecule is CCNS(=O)(=O)CCNC(=O)c1ccc(N)cc1OC. The number of methoxy groups -OCH3 is 1. The summed E-state index contributed by atoms with van der Waals surface area (Å²) in [5.41, 5.74) is 6.38. The van der Waals surface area contributed by atoms with Crippen LogP contribution in [0.1, 0.15) is 17.3 Å². The van der Waals surface area contributed by atoms with E-state index >= 15 is 0 Å². The molecule has 0 atom stereocenters. The van der Waals surface area contributed by atoms with Gasteiger partial charge in [-0.25, -0.2) is 13.1 Å². The van der Waals surface area contributed by atoms with E-state index in [4.69, 9.17) is 10.5 Å². The van der Waals surface area contributed by atoms with E-state index in [2.05, 4.69) is 10.0 Å². The summed E-state index contributed by atoms with van der Waals surface area (Å²) in [6.07, 6.45) is 0. The van der Waals surface area contributed by atoms with Crippen LogP contribution in [0.25, 0.3) is 0 Å². The first-order valence-corrected chi connectivity index (χ1v) is 7.74. The molecule has 0 fully saturated rings. The van der Waals surface area contributed by atoms with Gasteiger partial charge < -0.3 is 15.8 Å². The summed E-state index contributed by atoms with van der Waals surface area (Å²) < 4.78 is 30.2. The fraction of sp³-hybridized carbons (Fsp3) is 0.417. The smallest absolute Gasteiger partial charge is 0.255 e. The molecule has 0 aliphatic rings. The minimum atomic E-state index is -3.35. The lowest BCUT2D eigenvalue weighted by atomic mass is 10.1. The number of hydrogen-bond acceptors (Lipinski definition) is 5. The van der Waals surface area contributed by atoms with Crippen LogP contribution in [0.2, 0.25) is 0 Å². The second-order valence-electron chi connectivity index (χ2n) is 4.03. The molecule has 4 N–H and O–H groups in total. The molecule has 8 heteroatoms. The van der Waals surface area contributed by atoms with Crippen LogP contribution in [-0.2, 0) is 10.0 Å². The molecule has 1 rings (SSSR count). The number of anilines is 1. The highest BCUT2D eigenvalue weighted by Crippen LogP contribution is 2.21. The van der Waals surface area contributed by atoms with Gasteiger partial charge in [-0.1, -0.05) is 6.92 Å². The number of ether oxygens (including phenoxy) is 1. The number of amides is 1. The molecular formula is C12H19N3O4S. The van der Waals surface area contributed by atoms with Gasteiger partial charge in [-0.15, -0.1) is 0 Å². The number of sulfonamides is 1. The van der Waals surface area contributed by atoms with Gasteiger partial charge in [0.2, 0.25) is 10.0 Å². The molecular weight excluding hydrogens is 282 g/mol. The number of hydrogen-bond donors (Lipinski definition) is 3. The molecule has 112 valence electrons. The zero-order chi connectivity index (χ0) is 15.2. The summed E-state index contributed by atoms with van der Waals surface area (Å²) in [5.74, 6) is -0.241. The Bertz CT molecular complexity index is 572. The van der Waals surface area contributed by atoms with Crippen LogP contribution >= 0.6 is 0 Å². The quantitative estimate of drug-likeness (QED) is 0.611. The first-order chi connectivity index (χ1) is 9.39. The lowest BCUT2D eigenvalue weighted by Gasteiger charge is -2.10. The average molecular weight is 301 g/mol. The fourth-order valence-electron chi connectivity index (χ4n) is 1.58. The first-order valence-electron chi connectivity index (χ1n) is 6.08. The molecule has 0 radical (unpaired) electrons. The Morgan fingerprint density at radius 2 is 2.10 bits per heavy atom. The number of benzene rings is 1. The van der Waals surface area contributed by atoms with Gasteiger partial charge in [-0.3, -0.25) is 4.79 Å². The topological polar surface area (TPSA) is 111 Å². The predicted molar refractivity (Wildman–Crippen MR) is 77.2 cm³/mol. The number of nitrogens with two attached hydrogens (primary N) is 1. The van der Waals surface area contributed by atoms with Crippen LogP contribution in [0.15, 0.2) is 18.2 Å². The standard InChI is InChI=1S/C12H19N3O4S/c1-3-15-20(17,18)7-6-14-12(16)10-5-4-9(13)8-11(10)19-2/h4-5,8,15H,3,6-7,13H2,1-2H3,(H,14,16). The molecule has 0 aromatic heterocycles. The second kappa shape index (κ2) is 7.11. The van der Waals surface area contributed by atoms with Gasteiger partial charge in [0.15, 0.2) is 0 Å². The Morgan fingerprint density at radius 3 is 2.70 bits per heavy atom. The largest absolute Gasteiger partial charge is 0.496 e. The second-order valence-corrected chi connectivity index (χ2v) is 5.96. The summed E-state index contributed by atoms with van der Waals surface area (Å²) in [7, 11) is -1.92. The van der Waals surface area contributed by atoms with Crippen LogP contribution in [-0.4, -0.2) is 40.3 Å². The Hall–Kier alpha value is -1.80. The molecule has 0 aliphatic heterocycles. The van der Waals surface area contributed by atoms with E-state index in [0.29, 0.717) is 23.5 Å². The Morgan fingerprint density at radius 1 is 1.40 bits per heavy atom. The number of rotatable bonds is 7. The monoisotopic (exact) mass is 301 g/mol. The van der Waals surface area contributed by atoms with E-state index in [1.54, 1.807) is 13.0 Å². The molecule has 7 nitrogen and oxygen atoms in total. The molecule has 0 bridgehead atoms. The van der Waals surface area contributed by atoms with Crippen LogP contribution in [0.5, 0.6) is 5.75 Å². The maximum absolute atomic E-state index is 11.9. The van der Waals surface area contributed by atoms with Gasteiger partial charge in [0.05, 0.1) is 18.4 Å². The number of carbonyl (C=O) groups is 1. The summed E-state index contributed by atoms with van der Waals surface area (Å²) in [6.45, 7) is 2.03. The van der Waals surface area contributed by atoms with E-state index in [0.717, 1.165) is 0 Å². The lowest BCUT2D eigenvalue weighted by molar-refractivity contribution is 0.0953. The van der Waals surface area contributed by atoms with E-state index in [9.17, 15) is 13.2 Å². The van der Waals surface area contributed by atoms with Gasteiger partial charge in [0.1, 0.15) is 5.75 Å². The van der Waals surface area contributed by atoms with Crippen LogP contribution in [0.4, 0.5) is 5.69 Å². The number of carbonyl (C=O) groups excluding carboxylic acids is 1. The number of nitrogens with one attached hydrogen (secondary N) is 2. The van der Waals surface area contributed by atoms with Crippen molar-refractivity contribution in [1.29, 1.82) is 0 Å². The third kappa shape index (κ3) is 4.71. The Kier molecular flexibility index (Phi) is 5.78. The van der Waals surface area contributed by atoms with Crippen molar-refractivity contribution in [3.63, 3.8) is 0 Å². The maximum atomic E-state index is 11.9. The molecule has 20 heavy (non-hydrogen) atoms. The molecule has 0 spiro atoms. The van der Waals surface area contributed by atoms with Crippen molar-refractivity contribution in [1.82, 2.24) is 10.0 Å². The molecule has 1 aromatic rings. The van der Waals surface area contributed by atoms with Crippen molar-refractivity contribution < 1.29 is 17.9 Å². The zero-order valence-electron chi connectivity index (χ0n) is 11.5. The highest BCUT2D eigenvalue weighted by atomic mass is 32.2. The van der Waals surface area contributed by atoms with Gasteiger partial charge in [0.25, 0.3) is 5.91 Å². The summed E-state index contributed by atoms with van der Waals surface area (Å²) in [6, 6.07) is 4.64. The third-order valence-corrected chi connectivity index (χ3v) is 3.96. The van der Waals surface area contributed by atoms with Crippen molar-refractivity contribution in [3.8, 4) is 5.75 Å². The van der Waals surface area contributed by atoms with E-state index in [1.807, 2.05) is 0 Å². The molecule has 0 unspecified atom stereocenters. The molecule has 0 heterocycles. The average Bonchev–Trinajstić information content (AvgIpc) is 2.37. The normalized spacial score (nSPS) is 11.1. The third-order valence-electron chi connectivity index (χ3n) is 2.49. The van der Waals surface area contributed by atoms with E-state index < -0.39 is 15.9 Å². The van der Waals surface area contributed by atoms with Crippen molar-refractivity contribution in [2.45, 2.75) is 6.92 Å². The van der Waals surface area contributed by atoms with Crippen molar-refractivity contribution >= 4 is 21.6 Å². The van der Waals surface area contributed by atoms with Gasteiger partial charge in [0, 0.05) is 24.8 Å². The van der Waals surface area contributed by atoms with Gasteiger partial charge in [-0.2, -0.15) is 0 Å². The summed E-state index contributed by atoms with van der Waals surface area (Å²) in [4.78, 5) is 11.9. The Balaban J connectivity index is 2.64. The number of nitrogen functional groups attached to an aromatic ring is 1. The molecule has 1 aromatic carbocycles. The maximum Gasteiger partial charge on any atom is 0.255 e. The van der Waals surface area contributed by atoms with Gasteiger partial charge >= 0.3 is 0 Å². The minimum absolute atomic E-state index is 0.0156. The molecule has 0 saturated carbocycles. The summed E-state index contributed by atoms with van der Waals surface area (Å²) in [5, 5.41) is 2.53. The van der Waals surface area contributed by atoms with Crippen molar-refractivity contribution in [2.24, 2.45) is 0 Å². The van der Waals surface area contributed by atoms with Crippen LogP contribution < -0.4 is 20.5 Å². The molecule has 0 aliphatic carbocycles. The molecule has 0 saturated heterocycles. The molecule has 1 amide bonds. The van der Waals surface area contributed by atoms with E-state index in [-0.39, 0.29) is 12.3 Å². The highest BCUT2D eigenvalue weighted by Gasteiger charge is 2.14. The minimum Gasteiger partial charge on any atom is -0.496 e.